The van der Waals surface area contributed by atoms with Crippen LogP contribution in [0.1, 0.15) is 57.4 Å². The van der Waals surface area contributed by atoms with Crippen molar-refractivity contribution in [2.75, 3.05) is 71.8 Å². The lowest BCUT2D eigenvalue weighted by Crippen LogP contribution is -2.59. The number of nitrogens with one attached hydrogen (secondary N) is 2. The smallest absolute Gasteiger partial charge is 0.265 e. The SMILES string of the molecule is CCN1CCN(C)CCN(C)C(Cc2ccc(NC(=S)CCCCC[C@H](N)C(=O)N3CCC(C(=O)NO)(S(=O)(=O)c4ccc(Oc5ccccc5)cc4)CC3)cc2)C1. The second-order valence-electron chi connectivity index (χ2n) is 15.6. The molecule has 2 fully saturated rings. The first kappa shape index (κ1) is 45.1. The number of carbonyl (C=O) groups is 2. The van der Waals surface area contributed by atoms with Crippen LogP contribution in [0.15, 0.2) is 83.8 Å². The number of amides is 2. The number of anilines is 1. The predicted molar refractivity (Wildman–Crippen MR) is 232 cm³/mol. The second-order valence-corrected chi connectivity index (χ2v) is 18.4. The Hall–Kier alpha value is -3.96. The number of sulfone groups is 1. The molecule has 0 aromatic heterocycles. The molecule has 2 saturated heterocycles. The molecule has 15 heteroatoms. The number of nitrogens with zero attached hydrogens (tertiary/aromatic N) is 4. The first-order valence-corrected chi connectivity index (χ1v) is 22.3. The van der Waals surface area contributed by atoms with Gasteiger partial charge >= 0.3 is 0 Å². The van der Waals surface area contributed by atoms with Crippen LogP contribution in [-0.4, -0.2) is 133 Å². The van der Waals surface area contributed by atoms with Crippen LogP contribution in [0.2, 0.25) is 0 Å². The highest BCUT2D eigenvalue weighted by atomic mass is 32.2. The Balaban J connectivity index is 1.04. The maximum Gasteiger partial charge on any atom is 0.265 e. The average molecular weight is 836 g/mol. The maximum atomic E-state index is 13.9. The number of likely N-dealkylation sites (N-methyl/N-ethyl adjacent to an activating group) is 3. The van der Waals surface area contributed by atoms with Gasteiger partial charge in [-0.25, -0.2) is 13.9 Å². The minimum atomic E-state index is -4.27. The summed E-state index contributed by atoms with van der Waals surface area (Å²) in [5, 5.41) is 13.0. The van der Waals surface area contributed by atoms with Gasteiger partial charge in [-0.3, -0.25) is 14.8 Å². The number of hydrogen-bond donors (Lipinski definition) is 4. The highest BCUT2D eigenvalue weighted by molar-refractivity contribution is 7.93. The van der Waals surface area contributed by atoms with Crippen molar-refractivity contribution in [1.82, 2.24) is 25.1 Å². The van der Waals surface area contributed by atoms with E-state index >= 15 is 0 Å². The number of piperidine rings is 1. The van der Waals surface area contributed by atoms with Crippen LogP contribution in [0.4, 0.5) is 5.69 Å². The van der Waals surface area contributed by atoms with Gasteiger partial charge < -0.3 is 35.4 Å². The zero-order chi connectivity index (χ0) is 41.7. The summed E-state index contributed by atoms with van der Waals surface area (Å²) in [6, 6.07) is 23.1. The predicted octanol–water partition coefficient (Wildman–Crippen LogP) is 4.95. The van der Waals surface area contributed by atoms with Gasteiger partial charge in [0, 0.05) is 57.5 Å². The zero-order valence-corrected chi connectivity index (χ0v) is 35.8. The van der Waals surface area contributed by atoms with E-state index in [0.717, 1.165) is 75.6 Å². The Bertz CT molecular complexity index is 1890. The lowest BCUT2D eigenvalue weighted by Gasteiger charge is -2.40. The summed E-state index contributed by atoms with van der Waals surface area (Å²) in [5.41, 5.74) is 10.2. The van der Waals surface area contributed by atoms with Crippen molar-refractivity contribution in [2.45, 2.75) is 80.0 Å². The fraction of sp³-hybridized carbons (Fsp3) is 0.512. The molecule has 5 N–H and O–H groups in total. The number of para-hydroxylation sites is 1. The van der Waals surface area contributed by atoms with E-state index in [1.165, 1.54) is 34.7 Å². The summed E-state index contributed by atoms with van der Waals surface area (Å²) in [6.45, 7) is 8.68. The number of hydroxylamine groups is 1. The molecule has 0 aliphatic carbocycles. The normalized spacial score (nSPS) is 19.0. The highest BCUT2D eigenvalue weighted by Gasteiger charge is 2.53. The third-order valence-corrected chi connectivity index (χ3v) is 14.5. The number of rotatable bonds is 16. The monoisotopic (exact) mass is 835 g/mol. The average Bonchev–Trinajstić information content (AvgIpc) is 3.30. The topological polar surface area (TPSA) is 161 Å². The van der Waals surface area contributed by atoms with Crippen LogP contribution in [0.5, 0.6) is 11.5 Å². The first-order valence-electron chi connectivity index (χ1n) is 20.4. The molecule has 0 bridgehead atoms. The van der Waals surface area contributed by atoms with Crippen molar-refractivity contribution in [3.05, 3.63) is 84.4 Å². The van der Waals surface area contributed by atoms with Crippen LogP contribution in [0, 0.1) is 0 Å². The van der Waals surface area contributed by atoms with E-state index in [1.54, 1.807) is 17.6 Å². The van der Waals surface area contributed by atoms with Crippen molar-refractivity contribution >= 4 is 44.5 Å². The van der Waals surface area contributed by atoms with Crippen LogP contribution in [0.25, 0.3) is 0 Å². The third kappa shape index (κ3) is 11.8. The molecule has 3 aromatic rings. The number of carbonyl (C=O) groups excluding carboxylic acids is 2. The molecule has 0 saturated carbocycles. The van der Waals surface area contributed by atoms with Crippen LogP contribution in [-0.2, 0) is 25.8 Å². The largest absolute Gasteiger partial charge is 0.457 e. The molecule has 316 valence electrons. The lowest BCUT2D eigenvalue weighted by atomic mass is 9.94. The molecule has 2 atom stereocenters. The molecule has 0 radical (unpaired) electrons. The van der Waals surface area contributed by atoms with E-state index in [9.17, 15) is 23.2 Å². The Labute approximate surface area is 349 Å². The lowest BCUT2D eigenvalue weighted by molar-refractivity contribution is -0.138. The number of nitrogens with two attached hydrogens (primary N) is 1. The zero-order valence-electron chi connectivity index (χ0n) is 34.1. The molecular weight excluding hydrogens is 775 g/mol. The maximum absolute atomic E-state index is 13.9. The summed E-state index contributed by atoms with van der Waals surface area (Å²) in [5.74, 6) is -0.295. The Morgan fingerprint density at radius 3 is 2.21 bits per heavy atom. The summed E-state index contributed by atoms with van der Waals surface area (Å²) >= 11 is 5.65. The van der Waals surface area contributed by atoms with Gasteiger partial charge in [-0.15, -0.1) is 0 Å². The second kappa shape index (κ2) is 21.3. The van der Waals surface area contributed by atoms with Gasteiger partial charge in [-0.05, 0) is 113 Å². The standard InChI is InChI=1S/C43H61N7O6S2/c1-4-49-30-28-47(2)27-29-48(3)35(32-49)31-33-15-17-34(18-16-33)45-40(57)14-10-6-9-13-39(44)41(51)50-25-23-43(24-26-50,42(52)46-53)58(54,55)38-21-19-37(20-22-38)56-36-11-7-5-8-12-36/h5,7-8,11-12,15-22,35,39,53H,4,6,9-10,13-14,23-32,44H2,1-3H3,(H,45,57)(H,46,52)/t35?,39-/m0/s1. The van der Waals surface area contributed by atoms with Crippen molar-refractivity contribution < 1.29 is 28.0 Å². The molecule has 3 aromatic carbocycles. The molecule has 2 heterocycles. The van der Waals surface area contributed by atoms with Gasteiger partial charge in [0.2, 0.25) is 5.91 Å². The van der Waals surface area contributed by atoms with E-state index in [0.29, 0.717) is 30.4 Å². The van der Waals surface area contributed by atoms with Gasteiger partial charge in [-0.2, -0.15) is 0 Å². The molecule has 2 amide bonds. The minimum absolute atomic E-state index is 0.00219. The van der Waals surface area contributed by atoms with Crippen molar-refractivity contribution in [3.8, 4) is 11.5 Å². The number of benzene rings is 3. The van der Waals surface area contributed by atoms with Gasteiger partial charge in [0.15, 0.2) is 14.6 Å². The van der Waals surface area contributed by atoms with Crippen molar-refractivity contribution in [1.29, 1.82) is 0 Å². The van der Waals surface area contributed by atoms with Crippen molar-refractivity contribution in [2.24, 2.45) is 5.73 Å². The number of unbranched alkanes of at least 4 members (excludes halogenated alkanes) is 2. The van der Waals surface area contributed by atoms with Crippen LogP contribution in [0.3, 0.4) is 0 Å². The van der Waals surface area contributed by atoms with Crippen LogP contribution < -0.4 is 21.3 Å². The summed E-state index contributed by atoms with van der Waals surface area (Å²) in [7, 11) is 0.165. The van der Waals surface area contributed by atoms with E-state index in [1.807, 2.05) is 18.2 Å². The third-order valence-electron chi connectivity index (χ3n) is 11.6. The minimum Gasteiger partial charge on any atom is -0.457 e. The number of likely N-dealkylation sites (tertiary alicyclic amines) is 1. The molecular formula is C43H61N7O6S2. The fourth-order valence-corrected chi connectivity index (χ4v) is 9.94. The molecule has 13 nitrogen and oxygen atoms in total. The fourth-order valence-electron chi connectivity index (χ4n) is 7.72. The Kier molecular flexibility index (Phi) is 16.6. The summed E-state index contributed by atoms with van der Waals surface area (Å²) in [6.07, 6.45) is 4.22. The van der Waals surface area contributed by atoms with E-state index in [-0.39, 0.29) is 36.7 Å². The van der Waals surface area contributed by atoms with Crippen molar-refractivity contribution in [3.63, 3.8) is 0 Å². The van der Waals surface area contributed by atoms with Crippen LogP contribution >= 0.6 is 12.2 Å². The number of ether oxygens (including phenoxy) is 1. The van der Waals surface area contributed by atoms with E-state index < -0.39 is 26.5 Å². The van der Waals surface area contributed by atoms with Gasteiger partial charge in [-0.1, -0.05) is 62.3 Å². The van der Waals surface area contributed by atoms with E-state index in [2.05, 4.69) is 65.3 Å². The first-order chi connectivity index (χ1) is 27.8. The number of hydrogen-bond acceptors (Lipinski definition) is 11. The quantitative estimate of drug-likeness (QED) is 0.0667. The molecule has 58 heavy (non-hydrogen) atoms. The van der Waals surface area contributed by atoms with Gasteiger partial charge in [0.1, 0.15) is 11.5 Å². The molecule has 2 aliphatic heterocycles. The number of thiocarbonyl (C=S) groups is 1. The highest BCUT2D eigenvalue weighted by Crippen LogP contribution is 2.37. The summed E-state index contributed by atoms with van der Waals surface area (Å²) < 4.78 is 31.7. The van der Waals surface area contributed by atoms with E-state index in [4.69, 9.17) is 22.7 Å². The molecule has 5 rings (SSSR count). The van der Waals surface area contributed by atoms with Gasteiger partial charge in [0.05, 0.1) is 15.9 Å². The molecule has 1 unspecified atom stereocenters. The Morgan fingerprint density at radius 1 is 0.897 bits per heavy atom. The Morgan fingerprint density at radius 2 is 1.55 bits per heavy atom. The molecule has 0 spiro atoms. The molecule has 2 aliphatic rings. The summed E-state index contributed by atoms with van der Waals surface area (Å²) in [4.78, 5) is 36.0. The van der Waals surface area contributed by atoms with Gasteiger partial charge in [0.25, 0.3) is 5.91 Å².